The molecule has 6 heteroatoms. The van der Waals surface area contributed by atoms with Crippen LogP contribution < -0.4 is 10.1 Å². The van der Waals surface area contributed by atoms with Crippen molar-refractivity contribution in [3.05, 3.63) is 59.4 Å². The van der Waals surface area contributed by atoms with Crippen LogP contribution >= 0.6 is 0 Å². The lowest BCUT2D eigenvalue weighted by Gasteiger charge is -2.23. The van der Waals surface area contributed by atoms with Crippen LogP contribution in [0.2, 0.25) is 0 Å². The molecule has 1 atom stereocenters. The number of nitrogens with zero attached hydrogens (tertiary/aromatic N) is 2. The first-order valence-corrected chi connectivity index (χ1v) is 9.06. The predicted molar refractivity (Wildman–Crippen MR) is 99.8 cm³/mol. The molecule has 1 amide bonds. The number of fused-ring (bicyclic) bond motifs is 2. The quantitative estimate of drug-likeness (QED) is 0.749. The highest BCUT2D eigenvalue weighted by atomic mass is 16.5. The molecule has 3 heterocycles. The van der Waals surface area contributed by atoms with E-state index in [0.29, 0.717) is 18.3 Å². The van der Waals surface area contributed by atoms with Crippen molar-refractivity contribution >= 4 is 11.6 Å². The standard InChI is InChI=1S/C21H19N3O3/c1-21(2)15-8-7-12(11-16(15)22-20(21)25)19-23-18(24-27-19)14-9-10-26-17-6-4-3-5-13(14)17/h3-8,11,14H,9-10H2,1-2H3,(H,22,25). The van der Waals surface area contributed by atoms with E-state index >= 15 is 0 Å². The Labute approximate surface area is 156 Å². The van der Waals surface area contributed by atoms with Crippen molar-refractivity contribution in [3.63, 3.8) is 0 Å². The van der Waals surface area contributed by atoms with Gasteiger partial charge < -0.3 is 14.6 Å². The van der Waals surface area contributed by atoms with E-state index in [1.807, 2.05) is 56.3 Å². The fourth-order valence-corrected chi connectivity index (χ4v) is 3.83. The van der Waals surface area contributed by atoms with Crippen LogP contribution in [0.3, 0.4) is 0 Å². The Hall–Kier alpha value is -3.15. The average Bonchev–Trinajstić information content (AvgIpc) is 3.25. The maximum absolute atomic E-state index is 12.2. The Kier molecular flexibility index (Phi) is 3.37. The van der Waals surface area contributed by atoms with E-state index in [1.54, 1.807) is 0 Å². The molecular formula is C21H19N3O3. The number of ether oxygens (including phenoxy) is 1. The largest absolute Gasteiger partial charge is 0.493 e. The molecule has 3 aromatic rings. The van der Waals surface area contributed by atoms with E-state index in [0.717, 1.165) is 34.5 Å². The van der Waals surface area contributed by atoms with Crippen LogP contribution in [0.25, 0.3) is 11.5 Å². The monoisotopic (exact) mass is 361 g/mol. The number of anilines is 1. The molecule has 27 heavy (non-hydrogen) atoms. The van der Waals surface area contributed by atoms with Crippen LogP contribution in [0.4, 0.5) is 5.69 Å². The van der Waals surface area contributed by atoms with Gasteiger partial charge in [-0.25, -0.2) is 0 Å². The SMILES string of the molecule is CC1(C)C(=O)Nc2cc(-c3nc(C4CCOc5ccccc54)no3)ccc21. The van der Waals surface area contributed by atoms with Crippen LogP contribution in [0.15, 0.2) is 47.0 Å². The van der Waals surface area contributed by atoms with E-state index < -0.39 is 5.41 Å². The minimum atomic E-state index is -0.528. The molecule has 1 aromatic heterocycles. The van der Waals surface area contributed by atoms with E-state index in [1.165, 1.54) is 0 Å². The van der Waals surface area contributed by atoms with Crippen LogP contribution in [-0.4, -0.2) is 22.7 Å². The first-order chi connectivity index (χ1) is 13.0. The number of para-hydroxylation sites is 1. The summed E-state index contributed by atoms with van der Waals surface area (Å²) in [5.41, 5.74) is 3.14. The highest BCUT2D eigenvalue weighted by Gasteiger charge is 2.38. The summed E-state index contributed by atoms with van der Waals surface area (Å²) < 4.78 is 11.3. The molecule has 1 unspecified atom stereocenters. The molecular weight excluding hydrogens is 342 g/mol. The number of hydrogen-bond acceptors (Lipinski definition) is 5. The Morgan fingerprint density at radius 3 is 2.93 bits per heavy atom. The normalized spacial score (nSPS) is 19.8. The highest BCUT2D eigenvalue weighted by Crippen LogP contribution is 2.40. The van der Waals surface area contributed by atoms with Gasteiger partial charge in [-0.15, -0.1) is 0 Å². The van der Waals surface area contributed by atoms with Crippen LogP contribution in [-0.2, 0) is 10.2 Å². The number of nitrogens with one attached hydrogen (secondary N) is 1. The molecule has 0 saturated carbocycles. The fraction of sp³-hybridized carbons (Fsp3) is 0.286. The Morgan fingerprint density at radius 1 is 1.19 bits per heavy atom. The third-order valence-electron chi connectivity index (χ3n) is 5.47. The Bertz CT molecular complexity index is 1050. The molecule has 0 aliphatic carbocycles. The molecule has 1 N–H and O–H groups in total. The zero-order valence-electron chi connectivity index (χ0n) is 15.2. The van der Waals surface area contributed by atoms with Gasteiger partial charge >= 0.3 is 0 Å². The van der Waals surface area contributed by atoms with Crippen LogP contribution in [0.1, 0.15) is 43.1 Å². The summed E-state index contributed by atoms with van der Waals surface area (Å²) in [6, 6.07) is 13.7. The topological polar surface area (TPSA) is 77.2 Å². The van der Waals surface area contributed by atoms with Gasteiger partial charge in [0.2, 0.25) is 5.91 Å². The molecule has 0 saturated heterocycles. The van der Waals surface area contributed by atoms with Gasteiger partial charge in [-0.1, -0.05) is 29.4 Å². The highest BCUT2D eigenvalue weighted by molar-refractivity contribution is 6.06. The number of benzene rings is 2. The zero-order valence-corrected chi connectivity index (χ0v) is 15.2. The second-order valence-electron chi connectivity index (χ2n) is 7.52. The molecule has 136 valence electrons. The maximum atomic E-state index is 12.2. The van der Waals surface area contributed by atoms with E-state index in [9.17, 15) is 4.79 Å². The number of aromatic nitrogens is 2. The van der Waals surface area contributed by atoms with Crippen LogP contribution in [0, 0.1) is 0 Å². The summed E-state index contributed by atoms with van der Waals surface area (Å²) in [6.07, 6.45) is 0.810. The van der Waals surface area contributed by atoms with E-state index in [2.05, 4.69) is 15.5 Å². The summed E-state index contributed by atoms with van der Waals surface area (Å²) in [5, 5.41) is 7.16. The van der Waals surface area contributed by atoms with Gasteiger partial charge in [0.25, 0.3) is 5.89 Å². The lowest BCUT2D eigenvalue weighted by atomic mass is 9.86. The third-order valence-corrected chi connectivity index (χ3v) is 5.47. The van der Waals surface area contributed by atoms with Gasteiger partial charge in [-0.2, -0.15) is 4.98 Å². The van der Waals surface area contributed by atoms with Crippen molar-refractivity contribution in [2.75, 3.05) is 11.9 Å². The molecule has 5 rings (SSSR count). The van der Waals surface area contributed by atoms with Crippen molar-refractivity contribution < 1.29 is 14.1 Å². The number of hydrogen-bond donors (Lipinski definition) is 1. The van der Waals surface area contributed by atoms with Crippen LogP contribution in [0.5, 0.6) is 5.75 Å². The summed E-state index contributed by atoms with van der Waals surface area (Å²) in [7, 11) is 0. The zero-order chi connectivity index (χ0) is 18.6. The number of carbonyl (C=O) groups excluding carboxylic acids is 1. The predicted octanol–water partition coefficient (Wildman–Crippen LogP) is 3.88. The lowest BCUT2D eigenvalue weighted by molar-refractivity contribution is -0.119. The molecule has 2 aliphatic rings. The van der Waals surface area contributed by atoms with E-state index in [-0.39, 0.29) is 11.8 Å². The van der Waals surface area contributed by atoms with Gasteiger partial charge in [-0.3, -0.25) is 4.79 Å². The Morgan fingerprint density at radius 2 is 2.04 bits per heavy atom. The van der Waals surface area contributed by atoms with Crippen molar-refractivity contribution in [2.45, 2.75) is 31.6 Å². The molecule has 0 radical (unpaired) electrons. The van der Waals surface area contributed by atoms with Crippen molar-refractivity contribution in [1.82, 2.24) is 10.1 Å². The molecule has 0 spiro atoms. The number of rotatable bonds is 2. The molecule has 2 aliphatic heterocycles. The van der Waals surface area contributed by atoms with Gasteiger partial charge in [-0.05, 0) is 44.0 Å². The minimum absolute atomic E-state index is 0.000296. The summed E-state index contributed by atoms with van der Waals surface area (Å²) in [6.45, 7) is 4.47. The van der Waals surface area contributed by atoms with Gasteiger partial charge in [0.05, 0.1) is 17.9 Å². The molecule has 0 bridgehead atoms. The lowest BCUT2D eigenvalue weighted by Crippen LogP contribution is -2.26. The van der Waals surface area contributed by atoms with E-state index in [4.69, 9.17) is 9.26 Å². The summed E-state index contributed by atoms with van der Waals surface area (Å²) in [5.74, 6) is 2.05. The minimum Gasteiger partial charge on any atom is -0.493 e. The third kappa shape index (κ3) is 2.44. The van der Waals surface area contributed by atoms with Gasteiger partial charge in [0, 0.05) is 16.8 Å². The van der Waals surface area contributed by atoms with Crippen molar-refractivity contribution in [2.24, 2.45) is 0 Å². The number of carbonyl (C=O) groups is 1. The fourth-order valence-electron chi connectivity index (χ4n) is 3.83. The molecule has 6 nitrogen and oxygen atoms in total. The maximum Gasteiger partial charge on any atom is 0.258 e. The van der Waals surface area contributed by atoms with Crippen molar-refractivity contribution in [1.29, 1.82) is 0 Å². The summed E-state index contributed by atoms with van der Waals surface area (Å²) >= 11 is 0. The average molecular weight is 361 g/mol. The second kappa shape index (κ2) is 5.67. The summed E-state index contributed by atoms with van der Waals surface area (Å²) in [4.78, 5) is 16.8. The first-order valence-electron chi connectivity index (χ1n) is 9.06. The first kappa shape index (κ1) is 16.1. The van der Waals surface area contributed by atoms with Crippen molar-refractivity contribution in [3.8, 4) is 17.2 Å². The number of amides is 1. The molecule has 2 aromatic carbocycles. The van der Waals surface area contributed by atoms with Gasteiger partial charge in [0.15, 0.2) is 5.82 Å². The second-order valence-corrected chi connectivity index (χ2v) is 7.52. The molecule has 0 fully saturated rings. The smallest absolute Gasteiger partial charge is 0.258 e. The van der Waals surface area contributed by atoms with Gasteiger partial charge in [0.1, 0.15) is 5.75 Å². The Balaban J connectivity index is 1.50.